The number of aromatic nitrogens is 3. The van der Waals surface area contributed by atoms with Gasteiger partial charge in [0.1, 0.15) is 23.1 Å². The molecule has 2 aromatic heterocycles. The fraction of sp³-hybridized carbons (Fsp3) is 0.296. The number of nitrogens with zero attached hydrogens (tertiary/aromatic N) is 4. The Hall–Kier alpha value is -4.02. The molecule has 1 aliphatic heterocycles. The molecule has 1 atom stereocenters. The first kappa shape index (κ1) is 24.7. The second-order valence-corrected chi connectivity index (χ2v) is 9.33. The summed E-state index contributed by atoms with van der Waals surface area (Å²) < 4.78 is 27.8. The summed E-state index contributed by atoms with van der Waals surface area (Å²) >= 11 is 0. The molecule has 3 heterocycles. The zero-order valence-corrected chi connectivity index (χ0v) is 21.0. The minimum absolute atomic E-state index is 0.0666. The van der Waals surface area contributed by atoms with Gasteiger partial charge < -0.3 is 29.6 Å². The number of benzene rings is 2. The molecule has 1 aliphatic rings. The number of hydrogen-bond acceptors (Lipinski definition) is 7. The van der Waals surface area contributed by atoms with Crippen LogP contribution in [0.2, 0.25) is 0 Å². The summed E-state index contributed by atoms with van der Waals surface area (Å²) in [5.41, 5.74) is 3.07. The zero-order valence-electron chi connectivity index (χ0n) is 21.0. The lowest BCUT2D eigenvalue weighted by Crippen LogP contribution is -2.27. The van der Waals surface area contributed by atoms with Gasteiger partial charge in [-0.3, -0.25) is 4.79 Å². The van der Waals surface area contributed by atoms with Crippen molar-refractivity contribution in [2.24, 2.45) is 7.05 Å². The minimum atomic E-state index is -0.218. The lowest BCUT2D eigenvalue weighted by atomic mass is 9.97. The third kappa shape index (κ3) is 5.71. The average molecular weight is 505 g/mol. The van der Waals surface area contributed by atoms with Crippen LogP contribution in [0.3, 0.4) is 0 Å². The molecule has 1 unspecified atom stereocenters. The van der Waals surface area contributed by atoms with E-state index in [9.17, 15) is 9.18 Å². The Morgan fingerprint density at radius 3 is 2.81 bits per heavy atom. The van der Waals surface area contributed by atoms with Crippen LogP contribution in [0.15, 0.2) is 54.7 Å². The first-order valence-electron chi connectivity index (χ1n) is 12.0. The third-order valence-corrected chi connectivity index (χ3v) is 6.17. The minimum Gasteiger partial charge on any atom is -0.457 e. The lowest BCUT2D eigenvalue weighted by Gasteiger charge is -2.13. The molecule has 5 rings (SSSR count). The maximum atomic E-state index is 14.4. The molecule has 0 aliphatic carbocycles. The van der Waals surface area contributed by atoms with Crippen LogP contribution < -0.4 is 15.4 Å². The number of nitrogens with one attached hydrogen (secondary N) is 2. The van der Waals surface area contributed by atoms with Crippen LogP contribution in [0, 0.1) is 5.82 Å². The molecule has 0 bridgehead atoms. The van der Waals surface area contributed by atoms with E-state index >= 15 is 0 Å². The normalized spacial score (nSPS) is 15.3. The van der Waals surface area contributed by atoms with Crippen LogP contribution in [0.1, 0.15) is 17.9 Å². The first-order valence-corrected chi connectivity index (χ1v) is 12.0. The van der Waals surface area contributed by atoms with Crippen LogP contribution in [0.25, 0.3) is 11.0 Å². The van der Waals surface area contributed by atoms with E-state index < -0.39 is 0 Å². The molecular weight excluding hydrogens is 475 g/mol. The Balaban J connectivity index is 1.33. The number of pyridine rings is 1. The molecule has 0 spiro atoms. The standard InChI is InChI=1S/C27H29FN6O3/c1-33(2)15-26(35)32-25-14-20(8-10-29-25)37-19-5-7-24-23(13-19)31-27(34(24)3)30-18-4-6-22(28)21(12-18)17-9-11-36-16-17/h4-8,10,12-14,17H,9,11,15-16H2,1-3H3,(H,30,31)(H,29,32,35). The molecule has 37 heavy (non-hydrogen) atoms. The van der Waals surface area contributed by atoms with Crippen LogP contribution in [-0.4, -0.2) is 59.2 Å². The number of carbonyl (C=O) groups excluding carboxylic acids is 1. The highest BCUT2D eigenvalue weighted by atomic mass is 19.1. The number of hydrogen-bond donors (Lipinski definition) is 2. The maximum absolute atomic E-state index is 14.4. The summed E-state index contributed by atoms with van der Waals surface area (Å²) in [6.45, 7) is 1.45. The highest BCUT2D eigenvalue weighted by Crippen LogP contribution is 2.32. The largest absolute Gasteiger partial charge is 0.457 e. The molecule has 2 N–H and O–H groups in total. The van der Waals surface area contributed by atoms with Crippen molar-refractivity contribution in [1.29, 1.82) is 0 Å². The summed E-state index contributed by atoms with van der Waals surface area (Å²) in [5, 5.41) is 6.07. The van der Waals surface area contributed by atoms with Gasteiger partial charge in [0.15, 0.2) is 0 Å². The second-order valence-electron chi connectivity index (χ2n) is 9.33. The van der Waals surface area contributed by atoms with E-state index in [1.807, 2.05) is 50.0 Å². The smallest absolute Gasteiger partial charge is 0.239 e. The quantitative estimate of drug-likeness (QED) is 0.361. The predicted molar refractivity (Wildman–Crippen MR) is 140 cm³/mol. The van der Waals surface area contributed by atoms with Crippen LogP contribution in [0.4, 0.5) is 21.8 Å². The van der Waals surface area contributed by atoms with Gasteiger partial charge in [0.2, 0.25) is 11.9 Å². The van der Waals surface area contributed by atoms with E-state index in [2.05, 4.69) is 15.6 Å². The van der Waals surface area contributed by atoms with E-state index in [4.69, 9.17) is 14.5 Å². The van der Waals surface area contributed by atoms with E-state index in [1.165, 1.54) is 6.07 Å². The summed E-state index contributed by atoms with van der Waals surface area (Å²) in [6, 6.07) is 14.0. The molecule has 1 fully saturated rings. The van der Waals surface area contributed by atoms with Gasteiger partial charge >= 0.3 is 0 Å². The number of aryl methyl sites for hydroxylation is 1. The fourth-order valence-corrected chi connectivity index (χ4v) is 4.35. The monoisotopic (exact) mass is 504 g/mol. The first-order chi connectivity index (χ1) is 17.9. The molecule has 2 aromatic carbocycles. The highest BCUT2D eigenvalue weighted by Gasteiger charge is 2.21. The number of imidazole rings is 1. The van der Waals surface area contributed by atoms with E-state index in [0.717, 1.165) is 23.1 Å². The molecule has 1 amide bonds. The summed E-state index contributed by atoms with van der Waals surface area (Å²) in [6.07, 6.45) is 2.40. The van der Waals surface area contributed by atoms with Crippen molar-refractivity contribution in [3.63, 3.8) is 0 Å². The van der Waals surface area contributed by atoms with E-state index in [-0.39, 0.29) is 24.2 Å². The summed E-state index contributed by atoms with van der Waals surface area (Å²) in [7, 11) is 5.56. The van der Waals surface area contributed by atoms with Gasteiger partial charge in [0.25, 0.3) is 0 Å². The number of halogens is 1. The van der Waals surface area contributed by atoms with E-state index in [1.54, 1.807) is 29.3 Å². The van der Waals surface area contributed by atoms with Gasteiger partial charge in [-0.05, 0) is 62.5 Å². The van der Waals surface area contributed by atoms with Gasteiger partial charge in [-0.25, -0.2) is 14.4 Å². The van der Waals surface area contributed by atoms with Gasteiger partial charge in [0, 0.05) is 43.6 Å². The second kappa shape index (κ2) is 10.5. The van der Waals surface area contributed by atoms with E-state index in [0.29, 0.717) is 42.0 Å². The number of amides is 1. The number of carbonyl (C=O) groups is 1. The lowest BCUT2D eigenvalue weighted by molar-refractivity contribution is -0.116. The Labute approximate surface area is 214 Å². The molecule has 9 nitrogen and oxygen atoms in total. The molecule has 0 saturated carbocycles. The Bertz CT molecular complexity index is 1430. The topological polar surface area (TPSA) is 93.5 Å². The number of ether oxygens (including phenoxy) is 2. The maximum Gasteiger partial charge on any atom is 0.239 e. The third-order valence-electron chi connectivity index (χ3n) is 6.17. The number of likely N-dealkylation sites (N-methyl/N-ethyl adjacent to an activating group) is 1. The molecule has 4 aromatic rings. The predicted octanol–water partition coefficient (Wildman–Crippen LogP) is 4.65. The van der Waals surface area contributed by atoms with Crippen molar-refractivity contribution < 1.29 is 18.7 Å². The Kier molecular flexibility index (Phi) is 7.02. The average Bonchev–Trinajstić information content (AvgIpc) is 3.48. The van der Waals surface area contributed by atoms with Crippen LogP contribution in [0.5, 0.6) is 11.5 Å². The van der Waals surface area contributed by atoms with Crippen LogP contribution in [-0.2, 0) is 16.6 Å². The van der Waals surface area contributed by atoms with Crippen molar-refractivity contribution >= 4 is 34.4 Å². The van der Waals surface area contributed by atoms with Crippen LogP contribution >= 0.6 is 0 Å². The Morgan fingerprint density at radius 2 is 2.03 bits per heavy atom. The molecule has 192 valence electrons. The van der Waals surface area contributed by atoms with Gasteiger partial charge in [-0.1, -0.05) is 0 Å². The zero-order chi connectivity index (χ0) is 25.9. The summed E-state index contributed by atoms with van der Waals surface area (Å²) in [5.74, 6) is 1.87. The number of rotatable bonds is 8. The Morgan fingerprint density at radius 1 is 1.19 bits per heavy atom. The van der Waals surface area contributed by atoms with Crippen molar-refractivity contribution in [3.05, 3.63) is 66.1 Å². The van der Waals surface area contributed by atoms with Crippen molar-refractivity contribution in [1.82, 2.24) is 19.4 Å². The number of fused-ring (bicyclic) bond motifs is 1. The van der Waals surface area contributed by atoms with Crippen molar-refractivity contribution in [3.8, 4) is 11.5 Å². The fourth-order valence-electron chi connectivity index (χ4n) is 4.35. The molecule has 10 heteroatoms. The SMILES string of the molecule is CN(C)CC(=O)Nc1cc(Oc2ccc3c(c2)nc(Nc2ccc(F)c(C4CCOC4)c2)n3C)ccn1. The van der Waals surface area contributed by atoms with Crippen molar-refractivity contribution in [2.75, 3.05) is 44.5 Å². The molecular formula is C27H29FN6O3. The highest BCUT2D eigenvalue weighted by molar-refractivity contribution is 5.91. The summed E-state index contributed by atoms with van der Waals surface area (Å²) in [4.78, 5) is 22.7. The molecule has 1 saturated heterocycles. The van der Waals surface area contributed by atoms with Gasteiger partial charge in [-0.2, -0.15) is 0 Å². The van der Waals surface area contributed by atoms with Crippen molar-refractivity contribution in [2.45, 2.75) is 12.3 Å². The number of anilines is 3. The van der Waals surface area contributed by atoms with Gasteiger partial charge in [0.05, 0.1) is 24.2 Å². The molecule has 0 radical (unpaired) electrons. The van der Waals surface area contributed by atoms with Gasteiger partial charge in [-0.15, -0.1) is 0 Å².